The zero-order chi connectivity index (χ0) is 11.0. The van der Waals surface area contributed by atoms with Crippen LogP contribution in [0.25, 0.3) is 0 Å². The molecule has 2 aliphatic heterocycles. The van der Waals surface area contributed by atoms with Crippen LogP contribution in [0.2, 0.25) is 0 Å². The van der Waals surface area contributed by atoms with E-state index < -0.39 is 0 Å². The van der Waals surface area contributed by atoms with E-state index in [2.05, 4.69) is 22.2 Å². The van der Waals surface area contributed by atoms with E-state index in [1.165, 1.54) is 13.0 Å². The highest BCUT2D eigenvalue weighted by molar-refractivity contribution is 5.08. The lowest BCUT2D eigenvalue weighted by Gasteiger charge is -2.25. The summed E-state index contributed by atoms with van der Waals surface area (Å²) in [5, 5.41) is 3.27. The van der Waals surface area contributed by atoms with Crippen molar-refractivity contribution in [2.75, 3.05) is 33.2 Å². The first-order chi connectivity index (χ1) is 7.81. The fourth-order valence-corrected chi connectivity index (χ4v) is 2.52. The number of nitrogens with one attached hydrogen (secondary N) is 1. The standard InChI is InChI=1S/C12H19N3O/c1-15-3-2-10(7-15)11-8-16-12(14-11)4-9-5-13-6-9/h8-10,13H,2-7H2,1H3. The minimum absolute atomic E-state index is 0.585. The normalized spacial score (nSPS) is 27.2. The maximum atomic E-state index is 5.56. The van der Waals surface area contributed by atoms with E-state index in [0.29, 0.717) is 5.92 Å². The van der Waals surface area contributed by atoms with Crippen molar-refractivity contribution in [3.63, 3.8) is 0 Å². The SMILES string of the molecule is CN1CCC(c2coc(CC3CNC3)n2)C1. The molecule has 1 aromatic heterocycles. The number of hydrogen-bond acceptors (Lipinski definition) is 4. The van der Waals surface area contributed by atoms with Crippen molar-refractivity contribution in [3.05, 3.63) is 17.8 Å². The fraction of sp³-hybridized carbons (Fsp3) is 0.750. The summed E-state index contributed by atoms with van der Waals surface area (Å²) in [5.41, 5.74) is 1.16. The number of rotatable bonds is 3. The molecule has 0 spiro atoms. The number of likely N-dealkylation sites (tertiary alicyclic amines) is 1. The van der Waals surface area contributed by atoms with Gasteiger partial charge in [-0.15, -0.1) is 0 Å². The first kappa shape index (κ1) is 10.3. The molecule has 1 unspecified atom stereocenters. The smallest absolute Gasteiger partial charge is 0.194 e. The minimum atomic E-state index is 0.585. The van der Waals surface area contributed by atoms with E-state index in [1.54, 1.807) is 0 Å². The topological polar surface area (TPSA) is 41.3 Å². The molecule has 4 nitrogen and oxygen atoms in total. The van der Waals surface area contributed by atoms with Gasteiger partial charge in [0.1, 0.15) is 6.26 Å². The molecule has 0 saturated carbocycles. The Kier molecular flexibility index (Phi) is 2.69. The predicted octanol–water partition coefficient (Wildman–Crippen LogP) is 0.856. The van der Waals surface area contributed by atoms with Crippen molar-refractivity contribution in [2.24, 2.45) is 5.92 Å². The lowest BCUT2D eigenvalue weighted by molar-refractivity contribution is 0.318. The molecular formula is C12H19N3O. The van der Waals surface area contributed by atoms with Gasteiger partial charge in [-0.25, -0.2) is 4.98 Å². The van der Waals surface area contributed by atoms with Crippen molar-refractivity contribution in [2.45, 2.75) is 18.8 Å². The van der Waals surface area contributed by atoms with E-state index in [4.69, 9.17) is 4.42 Å². The summed E-state index contributed by atoms with van der Waals surface area (Å²) >= 11 is 0. The molecule has 2 saturated heterocycles. The summed E-state index contributed by atoms with van der Waals surface area (Å²) in [6.07, 6.45) is 4.08. The van der Waals surface area contributed by atoms with Crippen LogP contribution in [-0.4, -0.2) is 43.1 Å². The lowest BCUT2D eigenvalue weighted by atomic mass is 9.99. The third-order valence-electron chi connectivity index (χ3n) is 3.71. The lowest BCUT2D eigenvalue weighted by Crippen LogP contribution is -2.43. The van der Waals surface area contributed by atoms with Crippen LogP contribution in [0.15, 0.2) is 10.7 Å². The van der Waals surface area contributed by atoms with Crippen molar-refractivity contribution in [1.29, 1.82) is 0 Å². The zero-order valence-corrected chi connectivity index (χ0v) is 9.78. The Balaban J connectivity index is 1.63. The van der Waals surface area contributed by atoms with Crippen molar-refractivity contribution in [3.8, 4) is 0 Å². The van der Waals surface area contributed by atoms with Crippen LogP contribution in [0.4, 0.5) is 0 Å². The molecule has 0 radical (unpaired) electrons. The molecule has 3 heterocycles. The molecule has 2 fully saturated rings. The predicted molar refractivity (Wildman–Crippen MR) is 61.4 cm³/mol. The third kappa shape index (κ3) is 1.99. The summed E-state index contributed by atoms with van der Waals surface area (Å²) in [7, 11) is 2.17. The van der Waals surface area contributed by atoms with Gasteiger partial charge in [-0.1, -0.05) is 0 Å². The third-order valence-corrected chi connectivity index (χ3v) is 3.71. The zero-order valence-electron chi connectivity index (χ0n) is 9.78. The van der Waals surface area contributed by atoms with Gasteiger partial charge in [0.15, 0.2) is 5.89 Å². The second-order valence-electron chi connectivity index (χ2n) is 5.14. The average Bonchev–Trinajstić information content (AvgIpc) is 2.80. The molecule has 0 amide bonds. The molecule has 0 bridgehead atoms. The van der Waals surface area contributed by atoms with Crippen molar-refractivity contribution in [1.82, 2.24) is 15.2 Å². The van der Waals surface area contributed by atoms with Crippen LogP contribution in [0.5, 0.6) is 0 Å². The van der Waals surface area contributed by atoms with Crippen LogP contribution < -0.4 is 5.32 Å². The number of aromatic nitrogens is 1. The molecule has 1 N–H and O–H groups in total. The Morgan fingerprint density at radius 3 is 3.06 bits per heavy atom. The Labute approximate surface area is 96.0 Å². The highest BCUT2D eigenvalue weighted by atomic mass is 16.3. The van der Waals surface area contributed by atoms with E-state index in [9.17, 15) is 0 Å². The van der Waals surface area contributed by atoms with E-state index in [1.807, 2.05) is 6.26 Å². The van der Waals surface area contributed by atoms with Crippen LogP contribution in [0.1, 0.15) is 23.9 Å². The second-order valence-corrected chi connectivity index (χ2v) is 5.14. The van der Waals surface area contributed by atoms with Crippen LogP contribution in [-0.2, 0) is 6.42 Å². The Hall–Kier alpha value is -0.870. The maximum Gasteiger partial charge on any atom is 0.194 e. The van der Waals surface area contributed by atoms with Gasteiger partial charge >= 0.3 is 0 Å². The Morgan fingerprint density at radius 1 is 1.56 bits per heavy atom. The summed E-state index contributed by atoms with van der Waals surface area (Å²) in [4.78, 5) is 6.98. The quantitative estimate of drug-likeness (QED) is 0.822. The molecule has 0 aromatic carbocycles. The van der Waals surface area contributed by atoms with Gasteiger partial charge in [0, 0.05) is 18.9 Å². The minimum Gasteiger partial charge on any atom is -0.449 e. The van der Waals surface area contributed by atoms with Gasteiger partial charge < -0.3 is 14.6 Å². The summed E-state index contributed by atoms with van der Waals surface area (Å²) in [5.74, 6) is 2.25. The first-order valence-electron chi connectivity index (χ1n) is 6.15. The van der Waals surface area contributed by atoms with Gasteiger partial charge in [-0.05, 0) is 39.0 Å². The fourth-order valence-electron chi connectivity index (χ4n) is 2.52. The highest BCUT2D eigenvalue weighted by Gasteiger charge is 2.25. The first-order valence-corrected chi connectivity index (χ1v) is 6.15. The molecule has 4 heteroatoms. The van der Waals surface area contributed by atoms with Gasteiger partial charge in [0.25, 0.3) is 0 Å². The monoisotopic (exact) mass is 221 g/mol. The highest BCUT2D eigenvalue weighted by Crippen LogP contribution is 2.26. The molecule has 2 aliphatic rings. The van der Waals surface area contributed by atoms with Gasteiger partial charge in [-0.3, -0.25) is 0 Å². The van der Waals surface area contributed by atoms with Gasteiger partial charge in [0.2, 0.25) is 0 Å². The van der Waals surface area contributed by atoms with Crippen LogP contribution >= 0.6 is 0 Å². The molecule has 3 rings (SSSR count). The van der Waals surface area contributed by atoms with E-state index >= 15 is 0 Å². The van der Waals surface area contributed by atoms with E-state index in [-0.39, 0.29) is 0 Å². The molecule has 16 heavy (non-hydrogen) atoms. The number of likely N-dealkylation sites (N-methyl/N-ethyl adjacent to an activating group) is 1. The number of hydrogen-bond donors (Lipinski definition) is 1. The van der Waals surface area contributed by atoms with E-state index in [0.717, 1.165) is 43.6 Å². The number of nitrogens with zero attached hydrogens (tertiary/aromatic N) is 2. The Bertz CT molecular complexity index is 359. The van der Waals surface area contributed by atoms with Crippen molar-refractivity contribution >= 4 is 0 Å². The van der Waals surface area contributed by atoms with Gasteiger partial charge in [0.05, 0.1) is 5.69 Å². The molecule has 1 aromatic rings. The largest absolute Gasteiger partial charge is 0.449 e. The summed E-state index contributed by atoms with van der Waals surface area (Å²) in [6, 6.07) is 0. The van der Waals surface area contributed by atoms with Crippen LogP contribution in [0.3, 0.4) is 0 Å². The Morgan fingerprint density at radius 2 is 2.44 bits per heavy atom. The van der Waals surface area contributed by atoms with Crippen LogP contribution in [0, 0.1) is 5.92 Å². The molecule has 0 aliphatic carbocycles. The second kappa shape index (κ2) is 4.18. The number of oxazole rings is 1. The molecule has 1 atom stereocenters. The molecule has 88 valence electrons. The van der Waals surface area contributed by atoms with Gasteiger partial charge in [-0.2, -0.15) is 0 Å². The molecular weight excluding hydrogens is 202 g/mol. The maximum absolute atomic E-state index is 5.56. The average molecular weight is 221 g/mol. The van der Waals surface area contributed by atoms with Crippen molar-refractivity contribution < 1.29 is 4.42 Å². The summed E-state index contributed by atoms with van der Waals surface area (Å²) < 4.78 is 5.56. The summed E-state index contributed by atoms with van der Waals surface area (Å²) in [6.45, 7) is 4.53.